The minimum atomic E-state index is -4.57. The molecule has 0 bridgehead atoms. The van der Waals surface area contributed by atoms with Crippen LogP contribution in [0.2, 0.25) is 0 Å². The number of H-pyrrole nitrogens is 1. The van der Waals surface area contributed by atoms with Crippen LogP contribution >= 0.6 is 0 Å². The van der Waals surface area contributed by atoms with Crippen LogP contribution in [0.15, 0.2) is 96.7 Å². The van der Waals surface area contributed by atoms with Gasteiger partial charge in [0.05, 0.1) is 27.2 Å². The van der Waals surface area contributed by atoms with Crippen LogP contribution < -0.4 is 19.7 Å². The zero-order chi connectivity index (χ0) is 44.8. The maximum atomic E-state index is 14.0. The summed E-state index contributed by atoms with van der Waals surface area (Å²) in [6.45, 7) is 11.4. The van der Waals surface area contributed by atoms with E-state index < -0.39 is 37.0 Å². The van der Waals surface area contributed by atoms with Crippen molar-refractivity contribution < 1.29 is 28.0 Å². The van der Waals surface area contributed by atoms with Crippen molar-refractivity contribution in [3.8, 4) is 11.5 Å². The SMILES string of the molecule is C=C(C)c1ccccc1[C@@H]1CCCN1C1CC2(CCN(c3ccc(C(=O)NS(=O)(=O)c4ccc(NC[C@H]5CC[C@](C)(O)CC5)c([N+](=O)[O-])c4)c(Oc4cnc5[nH]ccc5c4)c3)CC2)C1. The Morgan fingerprint density at radius 1 is 1.00 bits per heavy atom. The number of sulfonamides is 1. The second-order valence-corrected chi connectivity index (χ2v) is 20.6. The van der Waals surface area contributed by atoms with E-state index in [1.54, 1.807) is 24.4 Å². The van der Waals surface area contributed by atoms with E-state index in [-0.39, 0.29) is 28.3 Å². The molecule has 15 heteroatoms. The van der Waals surface area contributed by atoms with Gasteiger partial charge in [-0.1, -0.05) is 36.4 Å². The Morgan fingerprint density at radius 3 is 2.52 bits per heavy atom. The van der Waals surface area contributed by atoms with Gasteiger partial charge in [-0.05, 0) is 143 Å². The van der Waals surface area contributed by atoms with Crippen molar-refractivity contribution in [2.24, 2.45) is 11.3 Å². The highest BCUT2D eigenvalue weighted by molar-refractivity contribution is 7.90. The van der Waals surface area contributed by atoms with Crippen LogP contribution in [-0.4, -0.2) is 77.0 Å². The number of anilines is 2. The number of nitro groups is 1. The average molecular weight is 888 g/mol. The summed E-state index contributed by atoms with van der Waals surface area (Å²) in [6.07, 6.45) is 12.9. The molecular weight excluding hydrogens is 831 g/mol. The Hall–Kier alpha value is -5.77. The summed E-state index contributed by atoms with van der Waals surface area (Å²) in [5, 5.41) is 26.4. The first-order valence-electron chi connectivity index (χ1n) is 22.5. The Kier molecular flexibility index (Phi) is 11.8. The molecule has 4 N–H and O–H groups in total. The summed E-state index contributed by atoms with van der Waals surface area (Å²) in [5.74, 6) is -0.226. The number of nitrogens with zero attached hydrogens (tertiary/aromatic N) is 4. The molecule has 0 unspecified atom stereocenters. The van der Waals surface area contributed by atoms with Crippen molar-refractivity contribution in [2.75, 3.05) is 36.4 Å². The molecule has 9 rings (SSSR count). The van der Waals surface area contributed by atoms with Gasteiger partial charge in [-0.2, -0.15) is 0 Å². The van der Waals surface area contributed by atoms with Crippen LogP contribution in [0.4, 0.5) is 17.1 Å². The molecule has 5 aromatic rings. The summed E-state index contributed by atoms with van der Waals surface area (Å²) >= 11 is 0. The van der Waals surface area contributed by atoms with Gasteiger partial charge in [0.2, 0.25) is 0 Å². The Balaban J connectivity index is 0.896. The van der Waals surface area contributed by atoms with E-state index in [2.05, 4.69) is 67.6 Å². The van der Waals surface area contributed by atoms with Crippen LogP contribution in [0.5, 0.6) is 11.5 Å². The average Bonchev–Trinajstić information content (AvgIpc) is 3.95. The third-order valence-electron chi connectivity index (χ3n) is 14.3. The van der Waals surface area contributed by atoms with Crippen molar-refractivity contribution in [1.29, 1.82) is 0 Å². The predicted octanol–water partition coefficient (Wildman–Crippen LogP) is 9.35. The van der Waals surface area contributed by atoms with Gasteiger partial charge in [0, 0.05) is 61.1 Å². The lowest BCUT2D eigenvalue weighted by atomic mass is 9.59. The number of rotatable bonds is 13. The number of amides is 1. The number of aromatic nitrogens is 2. The van der Waals surface area contributed by atoms with Crippen LogP contribution in [-0.2, 0) is 10.0 Å². The summed E-state index contributed by atoms with van der Waals surface area (Å²) in [6, 6.07) is 22.1. The van der Waals surface area contributed by atoms with E-state index in [0.29, 0.717) is 42.9 Å². The van der Waals surface area contributed by atoms with Crippen molar-refractivity contribution in [1.82, 2.24) is 19.6 Å². The lowest BCUT2D eigenvalue weighted by Crippen LogP contribution is -2.54. The topological polar surface area (TPSA) is 183 Å². The highest BCUT2D eigenvalue weighted by Crippen LogP contribution is 2.54. The van der Waals surface area contributed by atoms with Gasteiger partial charge in [0.25, 0.3) is 21.6 Å². The quantitative estimate of drug-likeness (QED) is 0.0653. The standard InChI is InChI=1S/C49H57N7O7S/c1-32(2)39-7-4-5-8-40(39)43-9-6-22-55(43)36-28-49(29-36)19-23-54(24-20-49)35-10-12-41(45(26-35)63-37-25-34-16-21-50-46(34)52-31-37)47(57)53-64(61,62)38-11-13-42(44(27-38)56(59)60)51-30-33-14-17-48(3,58)18-15-33/h4-5,7-8,10-13,16,21,25-27,31,33,36,43,51,58H,1,6,9,14-15,17-20,22-24,28-30H2,2-3H3,(H,50,52)(H,53,57)/t33-,43-,48-/m0/s1. The summed E-state index contributed by atoms with van der Waals surface area (Å²) in [4.78, 5) is 37.6. The number of aliphatic hydroxyl groups is 1. The molecule has 4 fully saturated rings. The Labute approximate surface area is 374 Å². The second-order valence-electron chi connectivity index (χ2n) is 18.9. The summed E-state index contributed by atoms with van der Waals surface area (Å²) in [7, 11) is -4.57. The van der Waals surface area contributed by atoms with Gasteiger partial charge in [-0.25, -0.2) is 18.1 Å². The fourth-order valence-electron chi connectivity index (χ4n) is 10.6. The minimum absolute atomic E-state index is 0.0237. The number of nitro benzene ring substituents is 1. The van der Waals surface area contributed by atoms with E-state index in [1.165, 1.54) is 55.1 Å². The van der Waals surface area contributed by atoms with E-state index >= 15 is 0 Å². The number of nitrogens with one attached hydrogen (secondary N) is 3. The third kappa shape index (κ3) is 8.98. The van der Waals surface area contributed by atoms with Crippen LogP contribution in [0.3, 0.4) is 0 Å². The van der Waals surface area contributed by atoms with Crippen molar-refractivity contribution in [2.45, 2.75) is 101 Å². The minimum Gasteiger partial charge on any atom is -0.455 e. The number of fused-ring (bicyclic) bond motifs is 1. The monoisotopic (exact) mass is 887 g/mol. The van der Waals surface area contributed by atoms with Gasteiger partial charge in [0.1, 0.15) is 22.8 Å². The molecular formula is C49H57N7O7S. The zero-order valence-corrected chi connectivity index (χ0v) is 37.3. The number of aromatic amines is 1. The Bertz CT molecular complexity index is 2690. The van der Waals surface area contributed by atoms with Crippen LogP contribution in [0, 0.1) is 21.4 Å². The normalized spacial score (nSPS) is 22.6. The fourth-order valence-corrected chi connectivity index (χ4v) is 11.6. The molecule has 1 amide bonds. The van der Waals surface area contributed by atoms with Crippen LogP contribution in [0.25, 0.3) is 16.6 Å². The smallest absolute Gasteiger partial charge is 0.293 e. The second kappa shape index (κ2) is 17.3. The van der Waals surface area contributed by atoms with Gasteiger partial charge in [-0.15, -0.1) is 0 Å². The predicted molar refractivity (Wildman–Crippen MR) is 248 cm³/mol. The molecule has 1 spiro atoms. The number of hydrogen-bond donors (Lipinski definition) is 4. The summed E-state index contributed by atoms with van der Waals surface area (Å²) < 4.78 is 36.0. The molecule has 336 valence electrons. The van der Waals surface area contributed by atoms with Crippen molar-refractivity contribution in [3.63, 3.8) is 0 Å². The van der Waals surface area contributed by atoms with Crippen molar-refractivity contribution >= 4 is 49.6 Å². The molecule has 4 aliphatic rings. The number of carbonyl (C=O) groups is 1. The highest BCUT2D eigenvalue weighted by atomic mass is 32.2. The van der Waals surface area contributed by atoms with Crippen LogP contribution in [0.1, 0.15) is 106 Å². The summed E-state index contributed by atoms with van der Waals surface area (Å²) in [5.41, 5.74) is 4.60. The zero-order valence-electron chi connectivity index (χ0n) is 36.5. The lowest BCUT2D eigenvalue weighted by molar-refractivity contribution is -0.384. The van der Waals surface area contributed by atoms with E-state index in [0.717, 1.165) is 68.0 Å². The van der Waals surface area contributed by atoms with Gasteiger partial charge < -0.3 is 25.0 Å². The number of benzene rings is 3. The number of ether oxygens (including phenoxy) is 1. The highest BCUT2D eigenvalue weighted by Gasteiger charge is 2.50. The number of carbonyl (C=O) groups excluding carboxylic acids is 1. The molecule has 4 heterocycles. The van der Waals surface area contributed by atoms with E-state index in [1.807, 2.05) is 19.1 Å². The molecule has 3 aromatic carbocycles. The number of piperidine rings is 1. The third-order valence-corrected chi connectivity index (χ3v) is 15.7. The van der Waals surface area contributed by atoms with Gasteiger partial charge in [0.15, 0.2) is 0 Å². The van der Waals surface area contributed by atoms with E-state index in [9.17, 15) is 28.4 Å². The molecule has 1 atom stereocenters. The maximum absolute atomic E-state index is 14.0. The first kappa shape index (κ1) is 43.5. The molecule has 2 aliphatic carbocycles. The molecule has 2 saturated carbocycles. The first-order chi connectivity index (χ1) is 30.7. The number of allylic oxidation sites excluding steroid dienone is 1. The maximum Gasteiger partial charge on any atom is 0.293 e. The molecule has 0 radical (unpaired) electrons. The fraction of sp³-hybridized carbons (Fsp3) is 0.429. The largest absolute Gasteiger partial charge is 0.455 e. The number of hydrogen-bond acceptors (Lipinski definition) is 11. The van der Waals surface area contributed by atoms with Gasteiger partial charge in [-0.3, -0.25) is 19.8 Å². The first-order valence-corrected chi connectivity index (χ1v) is 24.0. The molecule has 64 heavy (non-hydrogen) atoms. The Morgan fingerprint density at radius 2 is 1.77 bits per heavy atom. The number of pyridine rings is 1. The number of likely N-dealkylation sites (tertiary alicyclic amines) is 1. The molecule has 2 aliphatic heterocycles. The van der Waals surface area contributed by atoms with Crippen molar-refractivity contribution in [3.05, 3.63) is 119 Å². The lowest BCUT2D eigenvalue weighted by Gasteiger charge is -2.56. The van der Waals surface area contributed by atoms with Gasteiger partial charge >= 0.3 is 0 Å². The molecule has 2 saturated heterocycles. The van der Waals surface area contributed by atoms with E-state index in [4.69, 9.17) is 4.74 Å². The molecule has 2 aromatic heterocycles. The molecule has 14 nitrogen and oxygen atoms in total.